The first-order valence-electron chi connectivity index (χ1n) is 40.8. The molecule has 0 atom stereocenters. The van der Waals surface area contributed by atoms with Gasteiger partial charge in [-0.15, -0.1) is 0 Å². The maximum absolute atomic E-state index is 14.9. The molecule has 43 heteroatoms. The second-order valence-corrected chi connectivity index (χ2v) is 33.3. The Balaban J connectivity index is 0.000000176. The molecular formula is C95H83Cl8F3N20O12. The lowest BCUT2D eigenvalue weighted by molar-refractivity contribution is 0.100. The molecule has 8 amide bonds. The Morgan fingerprint density at radius 2 is 0.558 bits per heavy atom. The number of amides is 8. The van der Waals surface area contributed by atoms with Gasteiger partial charge in [-0.2, -0.15) is 0 Å². The Hall–Kier alpha value is -14.7. The van der Waals surface area contributed by atoms with Crippen molar-refractivity contribution in [1.82, 2.24) is 39.5 Å². The number of hydrogen-bond donors (Lipinski definition) is 10. The van der Waals surface area contributed by atoms with Gasteiger partial charge >= 0.3 is 0 Å². The molecule has 138 heavy (non-hydrogen) atoms. The monoisotopic (exact) mass is 2030 g/mol. The van der Waals surface area contributed by atoms with E-state index in [0.717, 1.165) is 56.1 Å². The molecule has 6 heterocycles. The second kappa shape index (κ2) is 47.7. The van der Waals surface area contributed by atoms with E-state index in [1.165, 1.54) is 156 Å². The molecule has 4 aromatic heterocycles. The molecule has 0 spiro atoms. The molecule has 0 bridgehead atoms. The summed E-state index contributed by atoms with van der Waals surface area (Å²) in [7, 11) is 16.1. The number of hydrogen-bond acceptors (Lipinski definition) is 20. The first kappa shape index (κ1) is 104. The Morgan fingerprint density at radius 1 is 0.312 bits per heavy atom. The van der Waals surface area contributed by atoms with E-state index >= 15 is 0 Å². The fourth-order valence-electron chi connectivity index (χ4n) is 13.1. The lowest BCUT2D eigenvalue weighted by Gasteiger charge is -2.33. The summed E-state index contributed by atoms with van der Waals surface area (Å²) in [6.07, 6.45) is 6.50. The first-order valence-corrected chi connectivity index (χ1v) is 43.9. The molecule has 10 N–H and O–H groups in total. The minimum absolute atomic E-state index is 0.00340. The van der Waals surface area contributed by atoms with Gasteiger partial charge in [-0.1, -0.05) is 123 Å². The van der Waals surface area contributed by atoms with E-state index in [1.807, 2.05) is 23.9 Å². The second-order valence-electron chi connectivity index (χ2n) is 29.8. The van der Waals surface area contributed by atoms with E-state index in [4.69, 9.17) is 123 Å². The molecule has 14 rings (SSSR count). The zero-order valence-corrected chi connectivity index (χ0v) is 80.7. The van der Waals surface area contributed by atoms with Crippen LogP contribution in [0.15, 0.2) is 211 Å². The molecule has 0 saturated carbocycles. The average Bonchev–Trinajstić information content (AvgIpc) is 1.78. The van der Waals surface area contributed by atoms with Gasteiger partial charge in [0.2, 0.25) is 0 Å². The highest BCUT2D eigenvalue weighted by Crippen LogP contribution is 2.39. The SMILES string of the molecule is CN=C(c1ccc(C(=O)Nc2c(OC)cc(Cl)cc2C(=O)Nc2ccc(Cl)cn2)c(F)c1)N(C)C.CN=C(c1ccc(C(=O)Nc2c(OC)cc(Cl)cc2C(=O)Nc2ccc(Cl)cn2)cc1)N(C)C.COc1cc(Cl)cc(C(=O)Nc2ccc(Cl)cn2)c1NC(=O)c1ccc(C(=N)N2CC2)cc1F.COc1cc(Cl)cc(C(=O)Nc2ccc(Cl)cn2)c1NC(=O)c1ccc(C(=N)N2CCC2)cc1F. The van der Waals surface area contributed by atoms with Crippen LogP contribution in [0.5, 0.6) is 23.0 Å². The number of nitrogens with zero attached hydrogens (tertiary/aromatic N) is 10. The van der Waals surface area contributed by atoms with Crippen molar-refractivity contribution in [2.45, 2.75) is 6.42 Å². The van der Waals surface area contributed by atoms with E-state index in [1.54, 1.807) is 98.7 Å². The number of methoxy groups -OCH3 is 4. The lowest BCUT2D eigenvalue weighted by Crippen LogP contribution is -2.42. The number of carbonyl (C=O) groups is 8. The van der Waals surface area contributed by atoms with Gasteiger partial charge in [-0.05, 0) is 128 Å². The Bertz CT molecular complexity index is 6730. The van der Waals surface area contributed by atoms with Crippen LogP contribution in [0.25, 0.3) is 0 Å². The number of pyridine rings is 4. The van der Waals surface area contributed by atoms with Gasteiger partial charge < -0.3 is 81.1 Å². The normalized spacial score (nSPS) is 11.7. The number of halogens is 11. The number of likely N-dealkylation sites (tertiary alicyclic amines) is 1. The van der Waals surface area contributed by atoms with E-state index in [2.05, 4.69) is 72.5 Å². The van der Waals surface area contributed by atoms with Crippen LogP contribution >= 0.6 is 92.8 Å². The van der Waals surface area contributed by atoms with Crippen molar-refractivity contribution < 1.29 is 70.5 Å². The zero-order chi connectivity index (χ0) is 100. The van der Waals surface area contributed by atoms with Crippen LogP contribution in [0.1, 0.15) is 112 Å². The van der Waals surface area contributed by atoms with Gasteiger partial charge in [0.05, 0.1) is 110 Å². The number of carbonyl (C=O) groups excluding carboxylic acids is 8. The highest BCUT2D eigenvalue weighted by molar-refractivity contribution is 6.35. The first-order chi connectivity index (χ1) is 65.9. The lowest BCUT2D eigenvalue weighted by atomic mass is 10.1. The summed E-state index contributed by atoms with van der Waals surface area (Å²) < 4.78 is 65.8. The molecule has 2 aliphatic rings. The number of ether oxygens (including phenoxy) is 4. The van der Waals surface area contributed by atoms with Crippen molar-refractivity contribution in [2.24, 2.45) is 9.98 Å². The fraction of sp³-hybridized carbons (Fsp3) is 0.158. The number of rotatable bonds is 24. The third kappa shape index (κ3) is 26.9. The number of amidine groups is 4. The van der Waals surface area contributed by atoms with Crippen molar-refractivity contribution in [3.8, 4) is 23.0 Å². The Morgan fingerprint density at radius 3 is 0.797 bits per heavy atom. The van der Waals surface area contributed by atoms with Crippen LogP contribution in [0, 0.1) is 28.3 Å². The van der Waals surface area contributed by atoms with E-state index in [-0.39, 0.29) is 140 Å². The molecule has 2 fully saturated rings. The highest BCUT2D eigenvalue weighted by Gasteiger charge is 2.31. The maximum Gasteiger partial charge on any atom is 0.259 e. The zero-order valence-electron chi connectivity index (χ0n) is 74.6. The summed E-state index contributed by atoms with van der Waals surface area (Å²) in [4.78, 5) is 136. The van der Waals surface area contributed by atoms with Crippen LogP contribution in [-0.2, 0) is 0 Å². The number of aliphatic imine (C=N–C) groups is 2. The molecule has 32 nitrogen and oxygen atoms in total. The standard InChI is InChI=1S/C24H20Cl2FN5O3.C24H22Cl2FN5O3.C24H23Cl2N5O3.C23H18Cl2FN5O3/c1-35-19-11-15(26)10-17(24(34)30-20-6-4-14(25)12-29-20)21(19)31-23(33)16-5-3-13(9-18(16)27)22(28)32-7-2-8-32;1-28-22(32(2)3)13-5-7-16(18(27)9-13)23(33)31-21-17(10-15(26)11-19(21)35-4)24(34)30-20-8-6-14(25)12-29-20;1-27-22(31(2)3)14-5-7-15(8-6-14)23(32)30-21-18(11-17(26)12-19(21)34-4)24(33)29-20-10-9-16(25)13-28-20;1-34-18-10-14(25)9-16(23(33)29-19-5-3-13(24)11-28-19)20(18)30-22(32)15-4-2-12(8-17(15)26)21(27)31-6-7-31/h3-6,9-12,28H,2,7-8H2,1H3,(H,31,33)(H,29,30,34);5-12H,1-4H3,(H,31,33)(H,29,30,34);5-13H,1-4H3,(H,30,32)(H,28,29,33);2-5,8-11,27H,6-7H2,1H3,(H,30,32)(H,28,29,33). The smallest absolute Gasteiger partial charge is 0.259 e. The van der Waals surface area contributed by atoms with Crippen LogP contribution in [-0.4, -0.2) is 207 Å². The van der Waals surface area contributed by atoms with Gasteiger partial charge in [-0.25, -0.2) is 33.1 Å². The minimum Gasteiger partial charge on any atom is -0.494 e. The van der Waals surface area contributed by atoms with Crippen LogP contribution < -0.4 is 61.5 Å². The predicted octanol–water partition coefficient (Wildman–Crippen LogP) is 19.6. The molecular weight excluding hydrogens is 1950 g/mol. The highest BCUT2D eigenvalue weighted by atomic mass is 35.5. The number of aromatic nitrogens is 4. The van der Waals surface area contributed by atoms with Gasteiger partial charge in [0.15, 0.2) is 0 Å². The summed E-state index contributed by atoms with van der Waals surface area (Å²) in [6.45, 7) is 2.98. The summed E-state index contributed by atoms with van der Waals surface area (Å²) in [5.41, 5.74) is 2.02. The third-order valence-electron chi connectivity index (χ3n) is 20.0. The molecule has 0 radical (unpaired) electrons. The minimum atomic E-state index is -0.804. The van der Waals surface area contributed by atoms with Gasteiger partial charge in [0.25, 0.3) is 47.3 Å². The maximum atomic E-state index is 14.9. The van der Waals surface area contributed by atoms with Crippen molar-refractivity contribution in [3.63, 3.8) is 0 Å². The largest absolute Gasteiger partial charge is 0.494 e. The van der Waals surface area contributed by atoms with E-state index in [0.29, 0.717) is 48.2 Å². The van der Waals surface area contributed by atoms with Gasteiger partial charge in [0.1, 0.15) is 87.1 Å². The quantitative estimate of drug-likeness (QED) is 0.0153. The summed E-state index contributed by atoms with van der Waals surface area (Å²) in [6, 6.07) is 42.6. The van der Waals surface area contributed by atoms with Crippen LogP contribution in [0.4, 0.5) is 59.2 Å². The van der Waals surface area contributed by atoms with Crippen molar-refractivity contribution in [2.75, 3.05) is 139 Å². The fourth-order valence-corrected chi connectivity index (χ4v) is 14.4. The van der Waals surface area contributed by atoms with Crippen LogP contribution in [0.3, 0.4) is 0 Å². The average molecular weight is 2040 g/mol. The molecule has 8 aromatic carbocycles. The summed E-state index contributed by atoms with van der Waals surface area (Å²) >= 11 is 48.0. The predicted molar refractivity (Wildman–Crippen MR) is 532 cm³/mol. The Kier molecular flexibility index (Phi) is 35.9. The van der Waals surface area contributed by atoms with Crippen LogP contribution in [0.2, 0.25) is 40.2 Å². The Labute approximate surface area is 828 Å². The molecule has 712 valence electrons. The molecule has 0 aliphatic carbocycles. The van der Waals surface area contributed by atoms with Gasteiger partial charge in [-0.3, -0.25) is 59.2 Å². The number of anilines is 8. The van der Waals surface area contributed by atoms with E-state index in [9.17, 15) is 51.5 Å². The van der Waals surface area contributed by atoms with Crippen molar-refractivity contribution in [3.05, 3.63) is 325 Å². The molecule has 2 aliphatic heterocycles. The third-order valence-corrected chi connectivity index (χ3v) is 21.8. The molecule has 12 aromatic rings. The number of nitrogens with one attached hydrogen (secondary N) is 10. The topological polar surface area (TPSA) is 406 Å². The van der Waals surface area contributed by atoms with Gasteiger partial charge in [0, 0.05) is 165 Å². The van der Waals surface area contributed by atoms with Crippen molar-refractivity contribution >= 4 is 209 Å². The summed E-state index contributed by atoms with van der Waals surface area (Å²) in [5, 5.41) is 39.5. The number of benzene rings is 8. The van der Waals surface area contributed by atoms with E-state index < -0.39 is 64.7 Å². The molecule has 2 saturated heterocycles. The molecule has 0 unspecified atom stereocenters. The van der Waals surface area contributed by atoms with Crippen molar-refractivity contribution in [1.29, 1.82) is 10.8 Å². The summed E-state index contributed by atoms with van der Waals surface area (Å²) in [5.74, 6) is -4.33.